The zero-order valence-corrected chi connectivity index (χ0v) is 17.2. The number of likely N-dealkylation sites (tertiary alicyclic amines) is 1. The van der Waals surface area contributed by atoms with Crippen LogP contribution in [0, 0.1) is 12.8 Å². The van der Waals surface area contributed by atoms with E-state index in [9.17, 15) is 4.79 Å². The predicted octanol–water partition coefficient (Wildman–Crippen LogP) is 3.50. The molecule has 2 aromatic rings. The van der Waals surface area contributed by atoms with Crippen molar-refractivity contribution < 1.29 is 4.79 Å². The van der Waals surface area contributed by atoms with Crippen LogP contribution in [0.15, 0.2) is 18.2 Å². The number of halogens is 2. The zero-order chi connectivity index (χ0) is 16.9. The molecule has 1 aromatic carbocycles. The van der Waals surface area contributed by atoms with Crippen LogP contribution in [0.2, 0.25) is 0 Å². The zero-order valence-electron chi connectivity index (χ0n) is 15.6. The SMILES string of the molecule is CNCCC1CCN(C(=O)CCc2nc3c(C)cccc3[nH]2)CC1.Cl.Cl. The number of amides is 1. The van der Waals surface area contributed by atoms with E-state index in [1.165, 1.54) is 12.0 Å². The number of fused-ring (bicyclic) bond motifs is 1. The van der Waals surface area contributed by atoms with E-state index >= 15 is 0 Å². The number of carbonyl (C=O) groups is 1. The summed E-state index contributed by atoms with van der Waals surface area (Å²) in [6.45, 7) is 4.96. The lowest BCUT2D eigenvalue weighted by Crippen LogP contribution is -2.39. The van der Waals surface area contributed by atoms with Crippen LogP contribution in [-0.2, 0) is 11.2 Å². The minimum Gasteiger partial charge on any atom is -0.343 e. The number of piperidine rings is 1. The molecule has 146 valence electrons. The first-order chi connectivity index (χ1) is 11.7. The first-order valence-corrected chi connectivity index (χ1v) is 9.04. The molecule has 3 rings (SSSR count). The molecule has 26 heavy (non-hydrogen) atoms. The number of nitrogens with one attached hydrogen (secondary N) is 2. The van der Waals surface area contributed by atoms with E-state index in [0.29, 0.717) is 12.8 Å². The fourth-order valence-corrected chi connectivity index (χ4v) is 3.55. The predicted molar refractivity (Wildman–Crippen MR) is 111 cm³/mol. The van der Waals surface area contributed by atoms with Crippen LogP contribution in [0.3, 0.4) is 0 Å². The molecule has 1 fully saturated rings. The van der Waals surface area contributed by atoms with Crippen molar-refractivity contribution in [1.29, 1.82) is 0 Å². The van der Waals surface area contributed by atoms with Gasteiger partial charge in [-0.05, 0) is 57.3 Å². The van der Waals surface area contributed by atoms with E-state index in [2.05, 4.69) is 28.3 Å². The van der Waals surface area contributed by atoms with Crippen LogP contribution in [-0.4, -0.2) is 47.5 Å². The van der Waals surface area contributed by atoms with Gasteiger partial charge in [0.2, 0.25) is 5.91 Å². The Balaban J connectivity index is 0.00000169. The number of H-pyrrole nitrogens is 1. The van der Waals surface area contributed by atoms with Gasteiger partial charge in [0.05, 0.1) is 11.0 Å². The topological polar surface area (TPSA) is 61.0 Å². The third-order valence-electron chi connectivity index (χ3n) is 5.11. The Morgan fingerprint density at radius 1 is 1.31 bits per heavy atom. The van der Waals surface area contributed by atoms with E-state index in [4.69, 9.17) is 0 Å². The number of nitrogens with zero attached hydrogens (tertiary/aromatic N) is 2. The Morgan fingerprint density at radius 2 is 2.04 bits per heavy atom. The highest BCUT2D eigenvalue weighted by atomic mass is 35.5. The molecule has 5 nitrogen and oxygen atoms in total. The maximum atomic E-state index is 12.4. The van der Waals surface area contributed by atoms with Gasteiger partial charge >= 0.3 is 0 Å². The van der Waals surface area contributed by atoms with Crippen molar-refractivity contribution in [2.75, 3.05) is 26.7 Å². The molecule has 0 atom stereocenters. The van der Waals surface area contributed by atoms with Crippen molar-refractivity contribution in [3.63, 3.8) is 0 Å². The molecule has 0 radical (unpaired) electrons. The molecule has 1 aliphatic heterocycles. The number of benzene rings is 1. The molecule has 2 N–H and O–H groups in total. The fraction of sp³-hybridized carbons (Fsp3) is 0.579. The molecule has 0 unspecified atom stereocenters. The quantitative estimate of drug-likeness (QED) is 0.779. The van der Waals surface area contributed by atoms with E-state index in [0.717, 1.165) is 55.3 Å². The Labute approximate surface area is 168 Å². The van der Waals surface area contributed by atoms with Crippen molar-refractivity contribution in [1.82, 2.24) is 20.2 Å². The lowest BCUT2D eigenvalue weighted by molar-refractivity contribution is -0.132. The van der Waals surface area contributed by atoms with E-state index in [1.54, 1.807) is 0 Å². The van der Waals surface area contributed by atoms with E-state index in [-0.39, 0.29) is 30.7 Å². The van der Waals surface area contributed by atoms with Crippen molar-refractivity contribution >= 4 is 41.8 Å². The van der Waals surface area contributed by atoms with Gasteiger partial charge in [-0.15, -0.1) is 24.8 Å². The summed E-state index contributed by atoms with van der Waals surface area (Å²) in [5, 5.41) is 3.21. The molecule has 2 heterocycles. The summed E-state index contributed by atoms with van der Waals surface area (Å²) in [6, 6.07) is 6.13. The number of aromatic nitrogens is 2. The molecule has 0 aliphatic carbocycles. The Hall–Kier alpha value is -1.30. The van der Waals surface area contributed by atoms with Crippen LogP contribution in [0.5, 0.6) is 0 Å². The maximum Gasteiger partial charge on any atom is 0.223 e. The van der Waals surface area contributed by atoms with Gasteiger partial charge in [-0.2, -0.15) is 0 Å². The maximum absolute atomic E-state index is 12.4. The molecular formula is C19H30Cl2N4O. The minimum absolute atomic E-state index is 0. The second-order valence-corrected chi connectivity index (χ2v) is 6.87. The minimum atomic E-state index is 0. The normalized spacial score (nSPS) is 14.8. The van der Waals surface area contributed by atoms with Crippen LogP contribution < -0.4 is 5.32 Å². The lowest BCUT2D eigenvalue weighted by Gasteiger charge is -2.32. The molecule has 1 saturated heterocycles. The summed E-state index contributed by atoms with van der Waals surface area (Å²) in [6.07, 6.45) is 4.72. The summed E-state index contributed by atoms with van der Waals surface area (Å²) in [5.41, 5.74) is 3.25. The van der Waals surface area contributed by atoms with E-state index in [1.807, 2.05) is 24.1 Å². The monoisotopic (exact) mass is 400 g/mol. The van der Waals surface area contributed by atoms with Gasteiger partial charge in [-0.25, -0.2) is 4.98 Å². The van der Waals surface area contributed by atoms with Gasteiger partial charge in [0.1, 0.15) is 5.82 Å². The number of hydrogen-bond acceptors (Lipinski definition) is 3. The summed E-state index contributed by atoms with van der Waals surface area (Å²) in [7, 11) is 2.00. The summed E-state index contributed by atoms with van der Waals surface area (Å²) in [4.78, 5) is 22.5. The van der Waals surface area contributed by atoms with Crippen molar-refractivity contribution in [3.05, 3.63) is 29.6 Å². The molecule has 0 spiro atoms. The third kappa shape index (κ3) is 5.60. The number of rotatable bonds is 6. The number of para-hydroxylation sites is 1. The first kappa shape index (κ1) is 22.7. The van der Waals surface area contributed by atoms with Gasteiger partial charge in [0.15, 0.2) is 0 Å². The van der Waals surface area contributed by atoms with Crippen molar-refractivity contribution in [3.8, 4) is 0 Å². The van der Waals surface area contributed by atoms with Gasteiger partial charge < -0.3 is 15.2 Å². The van der Waals surface area contributed by atoms with Crippen LogP contribution in [0.25, 0.3) is 11.0 Å². The molecule has 1 amide bonds. The average Bonchev–Trinajstić information content (AvgIpc) is 3.03. The number of aromatic amines is 1. The third-order valence-corrected chi connectivity index (χ3v) is 5.11. The second kappa shape index (κ2) is 10.8. The lowest BCUT2D eigenvalue weighted by atomic mass is 9.93. The molecule has 1 aliphatic rings. The molecule has 0 bridgehead atoms. The summed E-state index contributed by atoms with van der Waals surface area (Å²) >= 11 is 0. The second-order valence-electron chi connectivity index (χ2n) is 6.87. The summed E-state index contributed by atoms with van der Waals surface area (Å²) in [5.74, 6) is 1.94. The highest BCUT2D eigenvalue weighted by Crippen LogP contribution is 2.21. The first-order valence-electron chi connectivity index (χ1n) is 9.04. The molecule has 1 aromatic heterocycles. The van der Waals surface area contributed by atoms with E-state index < -0.39 is 0 Å². The highest BCUT2D eigenvalue weighted by molar-refractivity contribution is 5.85. The number of hydrogen-bond donors (Lipinski definition) is 2. The molecule has 0 saturated carbocycles. The Bertz CT molecular complexity index is 696. The number of carbonyl (C=O) groups excluding carboxylic acids is 1. The molecule has 7 heteroatoms. The van der Waals surface area contributed by atoms with Gasteiger partial charge in [0.25, 0.3) is 0 Å². The average molecular weight is 401 g/mol. The number of aryl methyl sites for hydroxylation is 2. The number of imidazole rings is 1. The van der Waals surface area contributed by atoms with Gasteiger partial charge in [-0.3, -0.25) is 4.79 Å². The smallest absolute Gasteiger partial charge is 0.223 e. The fourth-order valence-electron chi connectivity index (χ4n) is 3.55. The largest absolute Gasteiger partial charge is 0.343 e. The Kier molecular flexibility index (Phi) is 9.41. The van der Waals surface area contributed by atoms with Crippen LogP contribution in [0.1, 0.15) is 37.1 Å². The highest BCUT2D eigenvalue weighted by Gasteiger charge is 2.22. The summed E-state index contributed by atoms with van der Waals surface area (Å²) < 4.78 is 0. The van der Waals surface area contributed by atoms with Gasteiger partial charge in [-0.1, -0.05) is 12.1 Å². The van der Waals surface area contributed by atoms with Gasteiger partial charge in [0, 0.05) is 25.9 Å². The van der Waals surface area contributed by atoms with Crippen molar-refractivity contribution in [2.45, 2.75) is 39.0 Å². The Morgan fingerprint density at radius 3 is 2.69 bits per heavy atom. The van der Waals surface area contributed by atoms with Crippen molar-refractivity contribution in [2.24, 2.45) is 5.92 Å². The van der Waals surface area contributed by atoms with Crippen LogP contribution >= 0.6 is 24.8 Å². The standard InChI is InChI=1S/C19H28N4O.2ClH/c1-14-4-3-5-16-19(14)22-17(21-16)6-7-18(24)23-12-9-15(10-13-23)8-11-20-2;;/h3-5,15,20H,6-13H2,1-2H3,(H,21,22);2*1H. The van der Waals surface area contributed by atoms with Crippen LogP contribution in [0.4, 0.5) is 0 Å². The molecular weight excluding hydrogens is 371 g/mol.